The van der Waals surface area contributed by atoms with Gasteiger partial charge in [-0.15, -0.1) is 0 Å². The van der Waals surface area contributed by atoms with Gasteiger partial charge in [0.1, 0.15) is 0 Å². The molecule has 0 aliphatic heterocycles. The molecule has 5 atom stereocenters. The van der Waals surface area contributed by atoms with Crippen molar-refractivity contribution in [1.29, 1.82) is 0 Å². The quantitative estimate of drug-likeness (QED) is 0.583. The van der Waals surface area contributed by atoms with Gasteiger partial charge in [0.2, 0.25) is 0 Å². The third-order valence-corrected chi connectivity index (χ3v) is 10.5. The molecule has 5 heteroatoms. The van der Waals surface area contributed by atoms with Gasteiger partial charge >= 0.3 is 5.97 Å². The van der Waals surface area contributed by atoms with E-state index in [-0.39, 0.29) is 23.0 Å². The van der Waals surface area contributed by atoms with Crippen molar-refractivity contribution in [3.63, 3.8) is 0 Å². The molecule has 3 fully saturated rings. The number of esters is 1. The van der Waals surface area contributed by atoms with Crippen LogP contribution in [0, 0.1) is 29.1 Å². The van der Waals surface area contributed by atoms with Gasteiger partial charge in [-0.2, -0.15) is 0 Å². The molecular formula is C29H41NO4. The Hall–Kier alpha value is -1.75. The Balaban J connectivity index is 1.61. The Bertz CT molecular complexity index is 955. The molecule has 1 N–H and O–H groups in total. The molecular weight excluding hydrogens is 426 g/mol. The minimum absolute atomic E-state index is 0.0149. The van der Waals surface area contributed by atoms with Crippen LogP contribution in [0.25, 0.3) is 0 Å². The van der Waals surface area contributed by atoms with Crippen LogP contribution in [0.3, 0.4) is 0 Å². The first-order chi connectivity index (χ1) is 16.2. The topological polar surface area (TPSA) is 72.5 Å². The van der Waals surface area contributed by atoms with Crippen molar-refractivity contribution in [3.05, 3.63) is 22.8 Å². The standard InChI is InChI=1S/C29H41NO4/c1-17(31)29(34-18(2)32)14-13-26-24-11-7-20-15-22(33)10-12-23(20)27(24)25(16-28(26,29)3)19-5-8-21(30-4)9-6-19/h15,19,21,24-26,30H,5-14,16H2,1-4H3/t19?,21?,24?,25?,26?,28-,29-/m0/s1. The molecule has 3 unspecified atom stereocenters. The Morgan fingerprint density at radius 1 is 1.00 bits per heavy atom. The fourth-order valence-corrected chi connectivity index (χ4v) is 9.01. The molecule has 0 heterocycles. The SMILES string of the molecule is CNC1CCC(C2C[C@@]3(C)C(CC[C@]3(OC(C)=O)C(C)=O)C3CCC4=CC(=O)CCC4=C23)CC1. The lowest BCUT2D eigenvalue weighted by molar-refractivity contribution is -0.184. The predicted octanol–water partition coefficient (Wildman–Crippen LogP) is 5.09. The van der Waals surface area contributed by atoms with Crippen LogP contribution in [0.1, 0.15) is 91.4 Å². The van der Waals surface area contributed by atoms with Crippen LogP contribution in [-0.4, -0.2) is 36.2 Å². The summed E-state index contributed by atoms with van der Waals surface area (Å²) in [5, 5.41) is 3.47. The largest absolute Gasteiger partial charge is 0.451 e. The monoisotopic (exact) mass is 467 g/mol. The molecule has 5 nitrogen and oxygen atoms in total. The minimum Gasteiger partial charge on any atom is -0.451 e. The van der Waals surface area contributed by atoms with Gasteiger partial charge in [-0.05, 0) is 119 Å². The summed E-state index contributed by atoms with van der Waals surface area (Å²) >= 11 is 0. The van der Waals surface area contributed by atoms with Crippen LogP contribution in [0.2, 0.25) is 0 Å². The van der Waals surface area contributed by atoms with Crippen molar-refractivity contribution < 1.29 is 19.1 Å². The number of allylic oxidation sites excluding steroid dienone is 4. The summed E-state index contributed by atoms with van der Waals surface area (Å²) < 4.78 is 6.03. The number of Topliss-reactive ketones (excluding diaryl/α,β-unsaturated/α-hetero) is 1. The Morgan fingerprint density at radius 2 is 1.74 bits per heavy atom. The third-order valence-electron chi connectivity index (χ3n) is 10.5. The maximum Gasteiger partial charge on any atom is 0.303 e. The molecule has 5 aliphatic carbocycles. The molecule has 0 aromatic rings. The molecule has 5 rings (SSSR count). The van der Waals surface area contributed by atoms with E-state index in [0.717, 1.165) is 32.1 Å². The van der Waals surface area contributed by atoms with Gasteiger partial charge in [-0.1, -0.05) is 12.5 Å². The molecule has 0 spiro atoms. The van der Waals surface area contributed by atoms with E-state index in [9.17, 15) is 14.4 Å². The van der Waals surface area contributed by atoms with E-state index in [1.54, 1.807) is 12.5 Å². The zero-order valence-corrected chi connectivity index (χ0v) is 21.4. The van der Waals surface area contributed by atoms with Gasteiger partial charge in [-0.25, -0.2) is 0 Å². The summed E-state index contributed by atoms with van der Waals surface area (Å²) in [7, 11) is 2.06. The van der Waals surface area contributed by atoms with Crippen LogP contribution < -0.4 is 5.32 Å². The number of carbonyl (C=O) groups excluding carboxylic acids is 3. The fourth-order valence-electron chi connectivity index (χ4n) is 9.01. The summed E-state index contributed by atoms with van der Waals surface area (Å²) in [5.41, 5.74) is 3.05. The lowest BCUT2D eigenvalue weighted by atomic mass is 9.49. The zero-order chi connectivity index (χ0) is 24.3. The van der Waals surface area contributed by atoms with Gasteiger partial charge in [0.05, 0.1) is 0 Å². The second kappa shape index (κ2) is 8.72. The molecule has 0 bridgehead atoms. The summed E-state index contributed by atoms with van der Waals surface area (Å²) in [6.07, 6.45) is 12.7. The van der Waals surface area contributed by atoms with Gasteiger partial charge < -0.3 is 10.1 Å². The van der Waals surface area contributed by atoms with E-state index in [1.165, 1.54) is 43.8 Å². The van der Waals surface area contributed by atoms with Gasteiger partial charge in [0.15, 0.2) is 17.2 Å². The normalized spacial score (nSPS) is 41.8. The molecule has 186 valence electrons. The first-order valence-electron chi connectivity index (χ1n) is 13.5. The van der Waals surface area contributed by atoms with Crippen molar-refractivity contribution >= 4 is 17.5 Å². The second-order valence-electron chi connectivity index (χ2n) is 12.0. The van der Waals surface area contributed by atoms with E-state index >= 15 is 0 Å². The minimum atomic E-state index is -1.00. The molecule has 3 saturated carbocycles. The fraction of sp³-hybridized carbons (Fsp3) is 0.759. The average molecular weight is 468 g/mol. The highest BCUT2D eigenvalue weighted by Crippen LogP contribution is 2.67. The Kier molecular flexibility index (Phi) is 6.15. The van der Waals surface area contributed by atoms with Gasteiger partial charge in [0.25, 0.3) is 0 Å². The number of hydrogen-bond acceptors (Lipinski definition) is 5. The number of hydrogen-bond donors (Lipinski definition) is 1. The summed E-state index contributed by atoms with van der Waals surface area (Å²) in [5.74, 6) is 1.73. The Morgan fingerprint density at radius 3 is 2.38 bits per heavy atom. The summed E-state index contributed by atoms with van der Waals surface area (Å²) in [6, 6.07) is 0.592. The second-order valence-corrected chi connectivity index (χ2v) is 12.0. The van der Waals surface area contributed by atoms with E-state index in [2.05, 4.69) is 19.3 Å². The number of carbonyl (C=O) groups is 3. The highest BCUT2D eigenvalue weighted by molar-refractivity contribution is 5.93. The molecule has 0 radical (unpaired) electrons. The maximum absolute atomic E-state index is 13.2. The first-order valence-corrected chi connectivity index (χ1v) is 13.5. The Labute approximate surface area is 204 Å². The molecule has 0 amide bonds. The number of fused-ring (bicyclic) bond motifs is 4. The molecule has 0 aromatic heterocycles. The predicted molar refractivity (Wildman–Crippen MR) is 131 cm³/mol. The number of ketones is 2. The highest BCUT2D eigenvalue weighted by atomic mass is 16.6. The summed E-state index contributed by atoms with van der Waals surface area (Å²) in [4.78, 5) is 37.7. The van der Waals surface area contributed by atoms with Crippen molar-refractivity contribution in [1.82, 2.24) is 5.32 Å². The molecule has 0 aromatic carbocycles. The molecule has 0 saturated heterocycles. The molecule has 5 aliphatic rings. The van der Waals surface area contributed by atoms with Crippen molar-refractivity contribution in [2.75, 3.05) is 7.05 Å². The zero-order valence-electron chi connectivity index (χ0n) is 21.4. The van der Waals surface area contributed by atoms with Crippen molar-refractivity contribution in [2.24, 2.45) is 29.1 Å². The van der Waals surface area contributed by atoms with E-state index < -0.39 is 5.60 Å². The third kappa shape index (κ3) is 3.56. The highest BCUT2D eigenvalue weighted by Gasteiger charge is 2.67. The van der Waals surface area contributed by atoms with Crippen molar-refractivity contribution in [3.8, 4) is 0 Å². The van der Waals surface area contributed by atoms with Crippen molar-refractivity contribution in [2.45, 2.75) is 103 Å². The first kappa shape index (κ1) is 24.0. The average Bonchev–Trinajstić information content (AvgIpc) is 3.10. The molecule has 34 heavy (non-hydrogen) atoms. The van der Waals surface area contributed by atoms with E-state index in [4.69, 9.17) is 4.74 Å². The van der Waals surface area contributed by atoms with Crippen LogP contribution >= 0.6 is 0 Å². The van der Waals surface area contributed by atoms with Crippen LogP contribution in [0.15, 0.2) is 22.8 Å². The lowest BCUT2D eigenvalue weighted by Gasteiger charge is -2.56. The van der Waals surface area contributed by atoms with Crippen LogP contribution in [0.4, 0.5) is 0 Å². The summed E-state index contributed by atoms with van der Waals surface area (Å²) in [6.45, 7) is 5.34. The lowest BCUT2D eigenvalue weighted by Crippen LogP contribution is -2.58. The smallest absolute Gasteiger partial charge is 0.303 e. The van der Waals surface area contributed by atoms with Crippen LogP contribution in [0.5, 0.6) is 0 Å². The number of nitrogens with one attached hydrogen (secondary N) is 1. The van der Waals surface area contributed by atoms with Crippen LogP contribution in [-0.2, 0) is 19.1 Å². The number of rotatable bonds is 4. The van der Waals surface area contributed by atoms with E-state index in [0.29, 0.717) is 42.6 Å². The maximum atomic E-state index is 13.2. The van der Waals surface area contributed by atoms with Gasteiger partial charge in [-0.3, -0.25) is 14.4 Å². The van der Waals surface area contributed by atoms with Gasteiger partial charge in [0, 0.05) is 24.8 Å². The van der Waals surface area contributed by atoms with E-state index in [1.807, 2.05) is 6.08 Å². The number of ether oxygens (including phenoxy) is 1.